The fraction of sp³-hybridized carbons (Fsp3) is 0.348. The van der Waals surface area contributed by atoms with E-state index in [-0.39, 0.29) is 37.6 Å². The summed E-state index contributed by atoms with van der Waals surface area (Å²) in [6.45, 7) is 1.88. The van der Waals surface area contributed by atoms with Crippen LogP contribution in [0.5, 0.6) is 11.5 Å². The summed E-state index contributed by atoms with van der Waals surface area (Å²) in [5, 5.41) is 0. The number of hydrogen-bond donors (Lipinski definition) is 0. The average Bonchev–Trinajstić information content (AvgIpc) is 2.76. The molecule has 0 aliphatic rings. The molecule has 0 atom stereocenters. The van der Waals surface area contributed by atoms with Gasteiger partial charge in [0.05, 0.1) is 21.3 Å². The third-order valence-corrected chi connectivity index (χ3v) is 4.62. The highest BCUT2D eigenvalue weighted by Gasteiger charge is 2.20. The molecule has 30 heavy (non-hydrogen) atoms. The molecule has 0 aliphatic heterocycles. The minimum atomic E-state index is -0.539. The van der Waals surface area contributed by atoms with Gasteiger partial charge in [-0.05, 0) is 24.6 Å². The van der Waals surface area contributed by atoms with Gasteiger partial charge < -0.3 is 19.1 Å². The molecule has 1 amide bonds. The van der Waals surface area contributed by atoms with Gasteiger partial charge in [-0.15, -0.1) is 0 Å². The van der Waals surface area contributed by atoms with Gasteiger partial charge in [0.1, 0.15) is 18.0 Å². The maximum atomic E-state index is 12.8. The van der Waals surface area contributed by atoms with Crippen molar-refractivity contribution in [2.45, 2.75) is 26.3 Å². The van der Waals surface area contributed by atoms with Crippen LogP contribution in [0.2, 0.25) is 0 Å². The van der Waals surface area contributed by atoms with Crippen molar-refractivity contribution in [1.29, 1.82) is 0 Å². The Hall–Kier alpha value is -3.35. The standard InChI is InChI=1S/C23H27NO6/c1-16-5-7-18(8-6-16)21(25)9-10-22(26)24(15-23(27)30-4)14-17-11-19(28-2)13-20(12-17)29-3/h5-8,11-13H,9-10,14-15H2,1-4H3. The van der Waals surface area contributed by atoms with Gasteiger partial charge in [0.15, 0.2) is 5.78 Å². The first-order valence-electron chi connectivity index (χ1n) is 9.52. The molecule has 0 saturated heterocycles. The number of Topliss-reactive ketones (excluding diaryl/α,β-unsaturated/α-hetero) is 1. The molecule has 7 heteroatoms. The summed E-state index contributed by atoms with van der Waals surface area (Å²) in [4.78, 5) is 38.4. The van der Waals surface area contributed by atoms with E-state index < -0.39 is 5.97 Å². The van der Waals surface area contributed by atoms with Crippen molar-refractivity contribution in [3.8, 4) is 11.5 Å². The maximum absolute atomic E-state index is 12.8. The Kier molecular flexibility index (Phi) is 8.41. The fourth-order valence-corrected chi connectivity index (χ4v) is 2.89. The van der Waals surface area contributed by atoms with Crippen LogP contribution in [0.1, 0.15) is 34.3 Å². The normalized spacial score (nSPS) is 10.3. The zero-order valence-corrected chi connectivity index (χ0v) is 17.8. The molecule has 0 fully saturated rings. The second-order valence-electron chi connectivity index (χ2n) is 6.84. The van der Waals surface area contributed by atoms with E-state index in [1.54, 1.807) is 30.3 Å². The molecule has 0 aromatic heterocycles. The molecular weight excluding hydrogens is 386 g/mol. The number of aryl methyl sites for hydroxylation is 1. The van der Waals surface area contributed by atoms with Crippen molar-refractivity contribution in [1.82, 2.24) is 4.90 Å². The van der Waals surface area contributed by atoms with Gasteiger partial charge in [-0.25, -0.2) is 0 Å². The van der Waals surface area contributed by atoms with Crippen LogP contribution >= 0.6 is 0 Å². The van der Waals surface area contributed by atoms with E-state index >= 15 is 0 Å². The highest BCUT2D eigenvalue weighted by Crippen LogP contribution is 2.23. The lowest BCUT2D eigenvalue weighted by atomic mass is 10.0. The van der Waals surface area contributed by atoms with Crippen molar-refractivity contribution in [2.24, 2.45) is 0 Å². The zero-order chi connectivity index (χ0) is 22.1. The van der Waals surface area contributed by atoms with Crippen molar-refractivity contribution in [3.05, 3.63) is 59.2 Å². The van der Waals surface area contributed by atoms with E-state index in [4.69, 9.17) is 14.2 Å². The Morgan fingerprint density at radius 2 is 1.47 bits per heavy atom. The van der Waals surface area contributed by atoms with Crippen LogP contribution in [0.15, 0.2) is 42.5 Å². The van der Waals surface area contributed by atoms with E-state index in [2.05, 4.69) is 0 Å². The lowest BCUT2D eigenvalue weighted by molar-refractivity contribution is -0.147. The second-order valence-corrected chi connectivity index (χ2v) is 6.84. The molecular formula is C23H27NO6. The first-order chi connectivity index (χ1) is 14.4. The summed E-state index contributed by atoms with van der Waals surface area (Å²) in [6.07, 6.45) is 0.0474. The molecule has 0 aliphatic carbocycles. The van der Waals surface area contributed by atoms with Crippen LogP contribution in [-0.2, 0) is 20.9 Å². The first kappa shape index (κ1) is 22.9. The summed E-state index contributed by atoms with van der Waals surface area (Å²) in [5.41, 5.74) is 2.35. The van der Waals surface area contributed by atoms with E-state index in [1.165, 1.54) is 26.2 Å². The number of rotatable bonds is 10. The molecule has 0 unspecified atom stereocenters. The number of esters is 1. The largest absolute Gasteiger partial charge is 0.497 e. The smallest absolute Gasteiger partial charge is 0.325 e. The molecule has 0 bridgehead atoms. The number of methoxy groups -OCH3 is 3. The molecule has 2 aromatic rings. The van der Waals surface area contributed by atoms with Crippen molar-refractivity contribution in [2.75, 3.05) is 27.9 Å². The van der Waals surface area contributed by atoms with Crippen LogP contribution < -0.4 is 9.47 Å². The first-order valence-corrected chi connectivity index (χ1v) is 9.52. The van der Waals surface area contributed by atoms with Crippen molar-refractivity contribution in [3.63, 3.8) is 0 Å². The van der Waals surface area contributed by atoms with E-state index in [0.29, 0.717) is 17.1 Å². The Bertz CT molecular complexity index is 869. The SMILES string of the molecule is COC(=O)CN(Cc1cc(OC)cc(OC)c1)C(=O)CCC(=O)c1ccc(C)cc1. The number of ketones is 1. The summed E-state index contributed by atoms with van der Waals surface area (Å²) < 4.78 is 15.2. The molecule has 0 saturated carbocycles. The number of benzene rings is 2. The lowest BCUT2D eigenvalue weighted by Gasteiger charge is -2.22. The van der Waals surface area contributed by atoms with E-state index in [9.17, 15) is 14.4 Å². The predicted octanol–water partition coefficient (Wildman–Crippen LogP) is 3.18. The average molecular weight is 413 g/mol. The molecule has 0 N–H and O–H groups in total. The van der Waals surface area contributed by atoms with Gasteiger partial charge in [-0.3, -0.25) is 14.4 Å². The molecule has 2 rings (SSSR count). The van der Waals surface area contributed by atoms with E-state index in [0.717, 1.165) is 11.1 Å². The van der Waals surface area contributed by atoms with Gasteiger partial charge in [-0.2, -0.15) is 0 Å². The number of amides is 1. The lowest BCUT2D eigenvalue weighted by Crippen LogP contribution is -2.36. The third kappa shape index (κ3) is 6.62. The number of carbonyl (C=O) groups is 3. The maximum Gasteiger partial charge on any atom is 0.325 e. The predicted molar refractivity (Wildman–Crippen MR) is 112 cm³/mol. The number of ether oxygens (including phenoxy) is 3. The van der Waals surface area contributed by atoms with E-state index in [1.807, 2.05) is 19.1 Å². The molecule has 2 aromatic carbocycles. The summed E-state index contributed by atoms with van der Waals surface area (Å²) in [7, 11) is 4.33. The highest BCUT2D eigenvalue weighted by atomic mass is 16.5. The molecule has 0 radical (unpaired) electrons. The molecule has 0 heterocycles. The highest BCUT2D eigenvalue weighted by molar-refractivity contribution is 5.98. The van der Waals surface area contributed by atoms with Crippen LogP contribution in [0.4, 0.5) is 0 Å². The Morgan fingerprint density at radius 1 is 0.867 bits per heavy atom. The third-order valence-electron chi connectivity index (χ3n) is 4.62. The zero-order valence-electron chi connectivity index (χ0n) is 17.8. The van der Waals surface area contributed by atoms with Crippen LogP contribution in [0.25, 0.3) is 0 Å². The number of hydrogen-bond acceptors (Lipinski definition) is 6. The number of carbonyl (C=O) groups excluding carboxylic acids is 3. The molecule has 160 valence electrons. The van der Waals surface area contributed by atoms with Crippen LogP contribution in [-0.4, -0.2) is 50.4 Å². The monoisotopic (exact) mass is 413 g/mol. The van der Waals surface area contributed by atoms with Gasteiger partial charge >= 0.3 is 5.97 Å². The van der Waals surface area contributed by atoms with Gasteiger partial charge in [0, 0.05) is 31.0 Å². The fourth-order valence-electron chi connectivity index (χ4n) is 2.89. The Labute approximate surface area is 176 Å². The summed E-state index contributed by atoms with van der Waals surface area (Å²) >= 11 is 0. The minimum absolute atomic E-state index is 0.00912. The van der Waals surface area contributed by atoms with Crippen LogP contribution in [0, 0.1) is 6.92 Å². The van der Waals surface area contributed by atoms with Gasteiger partial charge in [0.2, 0.25) is 5.91 Å². The Balaban J connectivity index is 2.11. The topological polar surface area (TPSA) is 82.1 Å². The van der Waals surface area contributed by atoms with Gasteiger partial charge in [0.25, 0.3) is 0 Å². The second kappa shape index (κ2) is 11.0. The van der Waals surface area contributed by atoms with Gasteiger partial charge in [-0.1, -0.05) is 29.8 Å². The van der Waals surface area contributed by atoms with Crippen molar-refractivity contribution < 1.29 is 28.6 Å². The summed E-state index contributed by atoms with van der Waals surface area (Å²) in [6, 6.07) is 12.4. The van der Waals surface area contributed by atoms with Crippen molar-refractivity contribution >= 4 is 17.7 Å². The molecule has 7 nitrogen and oxygen atoms in total. The number of nitrogens with zero attached hydrogens (tertiary/aromatic N) is 1. The summed E-state index contributed by atoms with van der Waals surface area (Å²) in [5.74, 6) is 0.170. The van der Waals surface area contributed by atoms with Crippen LogP contribution in [0.3, 0.4) is 0 Å². The quantitative estimate of drug-likeness (QED) is 0.440. The Morgan fingerprint density at radius 3 is 2.00 bits per heavy atom. The molecule has 0 spiro atoms. The minimum Gasteiger partial charge on any atom is -0.497 e.